The van der Waals surface area contributed by atoms with Gasteiger partial charge < -0.3 is 16.0 Å². The molecule has 0 saturated carbocycles. The van der Waals surface area contributed by atoms with E-state index in [2.05, 4.69) is 11.9 Å². The Hall–Kier alpha value is -2.47. The number of aromatic nitrogens is 2. The average Bonchev–Trinajstić information content (AvgIpc) is 2.91. The Balaban J connectivity index is 1.98. The molecule has 1 aromatic heterocycles. The monoisotopic (exact) mass is 373 g/mol. The molecule has 1 aliphatic heterocycles. The molecule has 1 aromatic carbocycles. The molecule has 0 fully saturated rings. The van der Waals surface area contributed by atoms with Crippen LogP contribution in [-0.4, -0.2) is 32.8 Å². The van der Waals surface area contributed by atoms with Gasteiger partial charge in [-0.05, 0) is 32.9 Å². The van der Waals surface area contributed by atoms with Crippen LogP contribution in [-0.2, 0) is 13.1 Å². The summed E-state index contributed by atoms with van der Waals surface area (Å²) in [5, 5.41) is 8.34. The molecule has 1 aliphatic rings. The summed E-state index contributed by atoms with van der Waals surface area (Å²) in [5.41, 5.74) is 9.52. The highest BCUT2D eigenvalue weighted by atomic mass is 35.5. The van der Waals surface area contributed by atoms with Crippen molar-refractivity contribution in [2.75, 3.05) is 6.54 Å². The van der Waals surface area contributed by atoms with Gasteiger partial charge in [-0.1, -0.05) is 30.3 Å². The summed E-state index contributed by atoms with van der Waals surface area (Å²) < 4.78 is 1.91. The van der Waals surface area contributed by atoms with E-state index in [0.717, 1.165) is 22.5 Å². The van der Waals surface area contributed by atoms with Gasteiger partial charge in [0.1, 0.15) is 5.69 Å². The second-order valence-electron chi connectivity index (χ2n) is 7.53. The fourth-order valence-electron chi connectivity index (χ4n) is 3.07. The first kappa shape index (κ1) is 18.3. The van der Waals surface area contributed by atoms with Crippen molar-refractivity contribution in [2.24, 2.45) is 5.73 Å². The molecule has 26 heavy (non-hydrogen) atoms. The number of hydrogen-bond acceptors (Lipinski definition) is 3. The molecule has 0 spiro atoms. The van der Waals surface area contributed by atoms with E-state index in [9.17, 15) is 4.79 Å². The van der Waals surface area contributed by atoms with Crippen LogP contribution in [0.25, 0.3) is 17.0 Å². The average molecular weight is 374 g/mol. The number of nitrogens with zero attached hydrogens (tertiary/aromatic N) is 3. The van der Waals surface area contributed by atoms with Crippen LogP contribution in [0.3, 0.4) is 0 Å². The van der Waals surface area contributed by atoms with Crippen LogP contribution in [0.2, 0.25) is 5.02 Å². The fraction of sp³-hybridized carbons (Fsp3) is 0.368. The van der Waals surface area contributed by atoms with E-state index in [1.807, 2.05) is 49.7 Å². The number of amides is 2. The number of benzene rings is 1. The van der Waals surface area contributed by atoms with Gasteiger partial charge in [0.05, 0.1) is 18.8 Å². The van der Waals surface area contributed by atoms with E-state index in [-0.39, 0.29) is 11.6 Å². The largest absolute Gasteiger partial charge is 0.399 e. The Kier molecular flexibility index (Phi) is 4.71. The van der Waals surface area contributed by atoms with Crippen molar-refractivity contribution in [3.8, 4) is 11.3 Å². The Morgan fingerprint density at radius 2 is 2.08 bits per heavy atom. The minimum Gasteiger partial charge on any atom is -0.399 e. The molecular weight excluding hydrogens is 350 g/mol. The molecule has 2 aromatic rings. The van der Waals surface area contributed by atoms with Crippen molar-refractivity contribution in [1.29, 1.82) is 0 Å². The van der Waals surface area contributed by atoms with Crippen molar-refractivity contribution >= 4 is 23.3 Å². The van der Waals surface area contributed by atoms with Crippen LogP contribution in [0.15, 0.2) is 30.8 Å². The number of carbonyl (C=O) groups is 1. The maximum absolute atomic E-state index is 12.5. The van der Waals surface area contributed by atoms with Crippen molar-refractivity contribution in [1.82, 2.24) is 20.0 Å². The molecule has 0 aliphatic carbocycles. The van der Waals surface area contributed by atoms with Gasteiger partial charge in [0.15, 0.2) is 0 Å². The topological polar surface area (TPSA) is 76.2 Å². The number of rotatable bonds is 2. The van der Waals surface area contributed by atoms with Gasteiger partial charge in [-0.25, -0.2) is 4.79 Å². The maximum atomic E-state index is 12.5. The van der Waals surface area contributed by atoms with Crippen LogP contribution >= 0.6 is 11.6 Å². The van der Waals surface area contributed by atoms with Crippen LogP contribution in [0.5, 0.6) is 0 Å². The minimum absolute atomic E-state index is 0.0946. The lowest BCUT2D eigenvalue weighted by Gasteiger charge is -2.31. The Morgan fingerprint density at radius 3 is 2.69 bits per heavy atom. The smallest absolute Gasteiger partial charge is 0.318 e. The van der Waals surface area contributed by atoms with Gasteiger partial charge in [0.2, 0.25) is 0 Å². The quantitative estimate of drug-likeness (QED) is 0.846. The van der Waals surface area contributed by atoms with Crippen molar-refractivity contribution in [3.05, 3.63) is 47.1 Å². The Morgan fingerprint density at radius 1 is 1.35 bits per heavy atom. The predicted molar refractivity (Wildman–Crippen MR) is 105 cm³/mol. The second kappa shape index (κ2) is 6.68. The lowest BCUT2D eigenvalue weighted by Crippen LogP contribution is -2.50. The molecule has 0 unspecified atom stereocenters. The summed E-state index contributed by atoms with van der Waals surface area (Å²) in [6.45, 7) is 11.4. The summed E-state index contributed by atoms with van der Waals surface area (Å²) in [6, 6.07) is 7.39. The molecular formula is C19H24ClN5O. The number of carbonyl (C=O) groups excluding carboxylic acids is 1. The van der Waals surface area contributed by atoms with E-state index < -0.39 is 0 Å². The van der Waals surface area contributed by atoms with Crippen LogP contribution in [0, 0.1) is 0 Å². The van der Waals surface area contributed by atoms with Crippen molar-refractivity contribution < 1.29 is 4.79 Å². The Labute approximate surface area is 158 Å². The van der Waals surface area contributed by atoms with E-state index in [1.165, 1.54) is 0 Å². The summed E-state index contributed by atoms with van der Waals surface area (Å²) in [5.74, 6) is 0. The molecule has 2 amide bonds. The van der Waals surface area contributed by atoms with E-state index in [1.54, 1.807) is 4.90 Å². The number of nitrogens with one attached hydrogen (secondary N) is 1. The highest BCUT2D eigenvalue weighted by Crippen LogP contribution is 2.32. The van der Waals surface area contributed by atoms with Gasteiger partial charge in [-0.2, -0.15) is 5.10 Å². The van der Waals surface area contributed by atoms with Gasteiger partial charge in [-0.15, -0.1) is 0 Å². The number of halogens is 1. The molecule has 0 atom stereocenters. The number of hydrogen-bond donors (Lipinski definition) is 2. The zero-order chi connectivity index (χ0) is 19.1. The third-order valence-electron chi connectivity index (χ3n) is 4.17. The van der Waals surface area contributed by atoms with E-state index in [0.29, 0.717) is 30.4 Å². The molecule has 0 bridgehead atoms. The third-order valence-corrected chi connectivity index (χ3v) is 4.40. The SMILES string of the molecule is C=C(N)c1c(-c2cccc(Cl)c2)nn2c1CN(C(=O)NC(C)(C)C)CC2. The summed E-state index contributed by atoms with van der Waals surface area (Å²) in [7, 11) is 0. The van der Waals surface area contributed by atoms with Crippen molar-refractivity contribution in [3.63, 3.8) is 0 Å². The normalized spacial score (nSPS) is 14.1. The lowest BCUT2D eigenvalue weighted by atomic mass is 10.0. The first-order valence-corrected chi connectivity index (χ1v) is 8.91. The first-order valence-electron chi connectivity index (χ1n) is 8.53. The zero-order valence-electron chi connectivity index (χ0n) is 15.3. The highest BCUT2D eigenvalue weighted by Gasteiger charge is 2.29. The molecule has 7 heteroatoms. The summed E-state index contributed by atoms with van der Waals surface area (Å²) >= 11 is 6.13. The van der Waals surface area contributed by atoms with Crippen molar-refractivity contribution in [2.45, 2.75) is 39.4 Å². The van der Waals surface area contributed by atoms with E-state index >= 15 is 0 Å². The lowest BCUT2D eigenvalue weighted by molar-refractivity contribution is 0.172. The highest BCUT2D eigenvalue weighted by molar-refractivity contribution is 6.30. The van der Waals surface area contributed by atoms with Crippen LogP contribution in [0.4, 0.5) is 4.79 Å². The minimum atomic E-state index is -0.291. The predicted octanol–water partition coefficient (Wildman–Crippen LogP) is 3.46. The summed E-state index contributed by atoms with van der Waals surface area (Å²) in [4.78, 5) is 14.3. The van der Waals surface area contributed by atoms with Crippen LogP contribution in [0.1, 0.15) is 32.0 Å². The van der Waals surface area contributed by atoms with Gasteiger partial charge in [0, 0.05) is 33.9 Å². The number of urea groups is 1. The molecule has 0 saturated heterocycles. The molecule has 3 rings (SSSR count). The maximum Gasteiger partial charge on any atom is 0.318 e. The molecule has 6 nitrogen and oxygen atoms in total. The molecule has 0 radical (unpaired) electrons. The van der Waals surface area contributed by atoms with Gasteiger partial charge in [0.25, 0.3) is 0 Å². The number of fused-ring (bicyclic) bond motifs is 1. The molecule has 2 heterocycles. The fourth-order valence-corrected chi connectivity index (χ4v) is 3.26. The van der Waals surface area contributed by atoms with Gasteiger partial charge >= 0.3 is 6.03 Å². The standard InChI is InChI=1S/C19H24ClN5O/c1-12(21)16-15-11-24(18(26)22-19(2,3)4)8-9-25(15)23-17(16)13-6-5-7-14(20)10-13/h5-7,10H,1,8-9,11,21H2,2-4H3,(H,22,26). The summed E-state index contributed by atoms with van der Waals surface area (Å²) in [6.07, 6.45) is 0. The van der Waals surface area contributed by atoms with Crippen LogP contribution < -0.4 is 11.1 Å². The molecule has 138 valence electrons. The number of nitrogens with two attached hydrogens (primary N) is 1. The zero-order valence-corrected chi connectivity index (χ0v) is 16.1. The Bertz CT molecular complexity index is 865. The third kappa shape index (κ3) is 3.70. The van der Waals surface area contributed by atoms with E-state index in [4.69, 9.17) is 22.4 Å². The van der Waals surface area contributed by atoms with Gasteiger partial charge in [-0.3, -0.25) is 4.68 Å². The molecule has 3 N–H and O–H groups in total. The second-order valence-corrected chi connectivity index (χ2v) is 7.97. The first-order chi connectivity index (χ1) is 12.2.